The van der Waals surface area contributed by atoms with Crippen LogP contribution in [0, 0.1) is 0 Å². The van der Waals surface area contributed by atoms with Crippen molar-refractivity contribution in [3.63, 3.8) is 0 Å². The van der Waals surface area contributed by atoms with Crippen LogP contribution < -0.4 is 5.32 Å². The molecule has 106 valence electrons. The molecule has 2 rings (SSSR count). The minimum absolute atomic E-state index is 0.311. The monoisotopic (exact) mass is 272 g/mol. The van der Waals surface area contributed by atoms with E-state index < -0.39 is 0 Å². The van der Waals surface area contributed by atoms with Crippen LogP contribution in [0.15, 0.2) is 36.0 Å². The van der Waals surface area contributed by atoms with Gasteiger partial charge in [-0.3, -0.25) is 15.0 Å². The highest BCUT2D eigenvalue weighted by atomic mass is 16.2. The smallest absolute Gasteiger partial charge is 0.289 e. The molecule has 0 unspecified atom stereocenters. The van der Waals surface area contributed by atoms with Gasteiger partial charge < -0.3 is 0 Å². The highest BCUT2D eigenvalue weighted by Gasteiger charge is 2.32. The Kier molecular flexibility index (Phi) is 4.93. The Morgan fingerprint density at radius 2 is 1.85 bits per heavy atom. The van der Waals surface area contributed by atoms with Crippen molar-refractivity contribution in [2.24, 2.45) is 0 Å². The first-order valence-corrected chi connectivity index (χ1v) is 7.12. The summed E-state index contributed by atoms with van der Waals surface area (Å²) in [5, 5.41) is 2.36. The summed E-state index contributed by atoms with van der Waals surface area (Å²) in [6, 6.07) is 9.26. The molecule has 1 aromatic carbocycles. The molecule has 1 heterocycles. The zero-order valence-electron chi connectivity index (χ0n) is 11.8. The number of nitrogens with one attached hydrogen (secondary N) is 1. The fraction of sp³-hybridized carbons (Fsp3) is 0.375. The Bertz CT molecular complexity index is 508. The van der Waals surface area contributed by atoms with E-state index in [0.29, 0.717) is 12.2 Å². The number of amides is 3. The molecule has 4 nitrogen and oxygen atoms in total. The van der Waals surface area contributed by atoms with Gasteiger partial charge in [0, 0.05) is 6.54 Å². The zero-order chi connectivity index (χ0) is 14.4. The molecule has 0 atom stereocenters. The number of hydrogen-bond donors (Lipinski definition) is 1. The predicted molar refractivity (Wildman–Crippen MR) is 78.8 cm³/mol. The van der Waals surface area contributed by atoms with E-state index >= 15 is 0 Å². The van der Waals surface area contributed by atoms with E-state index in [2.05, 4.69) is 12.2 Å². The number of unbranched alkanes of at least 4 members (excludes halogenated alkanes) is 3. The van der Waals surface area contributed by atoms with Gasteiger partial charge in [-0.25, -0.2) is 4.79 Å². The van der Waals surface area contributed by atoms with Crippen molar-refractivity contribution in [3.05, 3.63) is 41.6 Å². The Hall–Kier alpha value is -2.10. The third-order valence-electron chi connectivity index (χ3n) is 3.33. The molecule has 0 aromatic heterocycles. The lowest BCUT2D eigenvalue weighted by Gasteiger charge is -2.15. The number of urea groups is 1. The van der Waals surface area contributed by atoms with Gasteiger partial charge in [0.05, 0.1) is 0 Å². The molecule has 3 amide bonds. The quantitative estimate of drug-likeness (QED) is 0.491. The predicted octanol–water partition coefficient (Wildman–Crippen LogP) is 3.16. The summed E-state index contributed by atoms with van der Waals surface area (Å²) in [5.41, 5.74) is 1.36. The first-order chi connectivity index (χ1) is 9.72. The average molecular weight is 272 g/mol. The number of rotatable bonds is 6. The van der Waals surface area contributed by atoms with Crippen molar-refractivity contribution in [2.75, 3.05) is 6.54 Å². The largest absolute Gasteiger partial charge is 0.329 e. The molecule has 1 saturated heterocycles. The summed E-state index contributed by atoms with van der Waals surface area (Å²) in [4.78, 5) is 25.2. The van der Waals surface area contributed by atoms with Gasteiger partial charge >= 0.3 is 6.03 Å². The maximum Gasteiger partial charge on any atom is 0.329 e. The molecule has 0 saturated carbocycles. The topological polar surface area (TPSA) is 49.4 Å². The van der Waals surface area contributed by atoms with Crippen LogP contribution in [-0.4, -0.2) is 23.4 Å². The van der Waals surface area contributed by atoms with Crippen molar-refractivity contribution in [1.82, 2.24) is 10.2 Å². The third kappa shape index (κ3) is 3.47. The normalized spacial score (nSPS) is 16.9. The van der Waals surface area contributed by atoms with Crippen molar-refractivity contribution in [3.8, 4) is 0 Å². The average Bonchev–Trinajstić information content (AvgIpc) is 2.71. The van der Waals surface area contributed by atoms with Crippen molar-refractivity contribution >= 4 is 18.0 Å². The standard InChI is InChI=1S/C16H20N2O2/c1-2-3-4-8-11-18-14(15(19)17-16(18)20)12-13-9-6-5-7-10-13/h5-7,9-10,12H,2-4,8,11H2,1H3,(H,17,19,20)/b14-12-. The van der Waals surface area contributed by atoms with E-state index in [1.54, 1.807) is 11.0 Å². The number of nitrogens with zero attached hydrogens (tertiary/aromatic N) is 1. The lowest BCUT2D eigenvalue weighted by molar-refractivity contribution is -0.116. The summed E-state index contributed by atoms with van der Waals surface area (Å²) in [7, 11) is 0. The zero-order valence-corrected chi connectivity index (χ0v) is 11.8. The van der Waals surface area contributed by atoms with Crippen molar-refractivity contribution in [2.45, 2.75) is 32.6 Å². The summed E-state index contributed by atoms with van der Waals surface area (Å²) in [6.07, 6.45) is 6.06. The van der Waals surface area contributed by atoms with Gasteiger partial charge in [0.25, 0.3) is 5.91 Å². The molecule has 1 N–H and O–H groups in total. The number of carbonyl (C=O) groups excluding carboxylic acids is 2. The van der Waals surface area contributed by atoms with E-state index in [1.807, 2.05) is 30.3 Å². The maximum absolute atomic E-state index is 11.8. The second kappa shape index (κ2) is 6.89. The highest BCUT2D eigenvalue weighted by molar-refractivity contribution is 6.13. The second-order valence-electron chi connectivity index (χ2n) is 4.91. The van der Waals surface area contributed by atoms with Gasteiger partial charge in [-0.1, -0.05) is 56.5 Å². The van der Waals surface area contributed by atoms with Gasteiger partial charge in [0.1, 0.15) is 5.70 Å². The molecule has 0 aliphatic carbocycles. The van der Waals surface area contributed by atoms with Crippen LogP contribution in [0.5, 0.6) is 0 Å². The van der Waals surface area contributed by atoms with E-state index in [-0.39, 0.29) is 11.9 Å². The van der Waals surface area contributed by atoms with Crippen LogP contribution in [-0.2, 0) is 4.79 Å². The lowest BCUT2D eigenvalue weighted by Crippen LogP contribution is -2.28. The van der Waals surface area contributed by atoms with Crippen molar-refractivity contribution < 1.29 is 9.59 Å². The van der Waals surface area contributed by atoms with Gasteiger partial charge in [0.2, 0.25) is 0 Å². The van der Waals surface area contributed by atoms with E-state index in [1.165, 1.54) is 0 Å². The molecular weight excluding hydrogens is 252 g/mol. The fourth-order valence-corrected chi connectivity index (χ4v) is 2.23. The Morgan fingerprint density at radius 1 is 1.10 bits per heavy atom. The van der Waals surface area contributed by atoms with Crippen LogP contribution in [0.2, 0.25) is 0 Å². The Labute approximate surface area is 119 Å². The summed E-state index contributed by atoms with van der Waals surface area (Å²) in [6.45, 7) is 2.74. The summed E-state index contributed by atoms with van der Waals surface area (Å²) in [5.74, 6) is -0.311. The lowest BCUT2D eigenvalue weighted by atomic mass is 10.1. The molecule has 4 heteroatoms. The minimum atomic E-state index is -0.311. The number of carbonyl (C=O) groups is 2. The van der Waals surface area contributed by atoms with Crippen molar-refractivity contribution in [1.29, 1.82) is 0 Å². The molecule has 1 aliphatic heterocycles. The van der Waals surface area contributed by atoms with Gasteiger partial charge in [0.15, 0.2) is 0 Å². The molecular formula is C16H20N2O2. The Morgan fingerprint density at radius 3 is 2.55 bits per heavy atom. The summed E-state index contributed by atoms with van der Waals surface area (Å²) < 4.78 is 0. The number of benzene rings is 1. The van der Waals surface area contributed by atoms with Crippen LogP contribution >= 0.6 is 0 Å². The molecule has 1 aliphatic rings. The first kappa shape index (κ1) is 14.3. The second-order valence-corrected chi connectivity index (χ2v) is 4.91. The van der Waals surface area contributed by atoms with E-state index in [4.69, 9.17) is 0 Å². The summed E-state index contributed by atoms with van der Waals surface area (Å²) >= 11 is 0. The minimum Gasteiger partial charge on any atom is -0.289 e. The molecule has 1 aromatic rings. The molecule has 20 heavy (non-hydrogen) atoms. The van der Waals surface area contributed by atoms with Gasteiger partial charge in [-0.15, -0.1) is 0 Å². The van der Waals surface area contributed by atoms with E-state index in [0.717, 1.165) is 31.2 Å². The van der Waals surface area contributed by atoms with Crippen LogP contribution in [0.1, 0.15) is 38.2 Å². The van der Waals surface area contributed by atoms with Crippen LogP contribution in [0.3, 0.4) is 0 Å². The fourth-order valence-electron chi connectivity index (χ4n) is 2.23. The SMILES string of the molecule is CCCCCCN1C(=O)NC(=O)/C1=C/c1ccccc1. The van der Waals surface area contributed by atoms with Crippen LogP contribution in [0.4, 0.5) is 4.79 Å². The van der Waals surface area contributed by atoms with Crippen LogP contribution in [0.25, 0.3) is 6.08 Å². The maximum atomic E-state index is 11.8. The number of imide groups is 1. The molecule has 0 bridgehead atoms. The first-order valence-electron chi connectivity index (χ1n) is 7.12. The van der Waals surface area contributed by atoms with E-state index in [9.17, 15) is 9.59 Å². The van der Waals surface area contributed by atoms with Gasteiger partial charge in [-0.2, -0.15) is 0 Å². The molecule has 0 spiro atoms. The molecule has 0 radical (unpaired) electrons. The highest BCUT2D eigenvalue weighted by Crippen LogP contribution is 2.18. The number of hydrogen-bond acceptors (Lipinski definition) is 2. The van der Waals surface area contributed by atoms with Gasteiger partial charge in [-0.05, 0) is 18.1 Å². The molecule has 1 fully saturated rings. The third-order valence-corrected chi connectivity index (χ3v) is 3.33. The Balaban J connectivity index is 2.09.